The van der Waals surface area contributed by atoms with Gasteiger partial charge in [0, 0.05) is 31.2 Å². The van der Waals surface area contributed by atoms with Crippen molar-refractivity contribution < 1.29 is 18.3 Å². The second-order valence-corrected chi connectivity index (χ2v) is 9.55. The highest BCUT2D eigenvalue weighted by Crippen LogP contribution is 2.37. The van der Waals surface area contributed by atoms with Crippen molar-refractivity contribution in [2.45, 2.75) is 57.0 Å². The molecule has 3 heterocycles. The number of ether oxygens (including phenoxy) is 1. The van der Waals surface area contributed by atoms with Crippen molar-refractivity contribution in [1.29, 1.82) is 5.26 Å². The van der Waals surface area contributed by atoms with E-state index in [4.69, 9.17) is 20.7 Å². The predicted octanol–water partition coefficient (Wildman–Crippen LogP) is 3.92. The van der Waals surface area contributed by atoms with Gasteiger partial charge in [-0.25, -0.2) is 18.7 Å². The first kappa shape index (κ1) is 24.8. The largest absolute Gasteiger partial charge is 0.381 e. The molecule has 5 rings (SSSR count). The number of rotatable bonds is 6. The van der Waals surface area contributed by atoms with Gasteiger partial charge in [0.15, 0.2) is 17.3 Å². The summed E-state index contributed by atoms with van der Waals surface area (Å²) in [4.78, 5) is 25.4. The average molecular weight is 511 g/mol. The molecular weight excluding hydrogens is 482 g/mol. The van der Waals surface area contributed by atoms with Crippen LogP contribution >= 0.6 is 0 Å². The third-order valence-corrected chi connectivity index (χ3v) is 7.09. The molecule has 0 radical (unpaired) electrons. The molecule has 2 fully saturated rings. The van der Waals surface area contributed by atoms with Crippen molar-refractivity contribution in [3.05, 3.63) is 35.5 Å². The molecule has 3 aromatic rings. The minimum Gasteiger partial charge on any atom is -0.381 e. The van der Waals surface area contributed by atoms with Crippen LogP contribution in [0.15, 0.2) is 18.3 Å². The molecule has 1 aliphatic heterocycles. The highest BCUT2D eigenvalue weighted by atomic mass is 19.1. The van der Waals surface area contributed by atoms with Gasteiger partial charge in [-0.05, 0) is 57.1 Å². The van der Waals surface area contributed by atoms with Crippen LogP contribution in [0.25, 0.3) is 11.2 Å². The topological polar surface area (TPSA) is 144 Å². The van der Waals surface area contributed by atoms with E-state index in [2.05, 4.69) is 20.6 Å². The molecule has 0 unspecified atom stereocenters. The number of nitriles is 1. The van der Waals surface area contributed by atoms with E-state index in [1.54, 1.807) is 12.3 Å². The highest BCUT2D eigenvalue weighted by Gasteiger charge is 2.30. The number of nitrogens with zero attached hydrogens (tertiary/aromatic N) is 5. The SMILES string of the molecule is N#Cc1cc(F)c(Nc2nc3cnc(N[C@H]4CCCOCC4)nc3n2C2CCC(C(N)=O)CC2)c(F)c1. The van der Waals surface area contributed by atoms with Gasteiger partial charge < -0.3 is 21.1 Å². The van der Waals surface area contributed by atoms with Crippen LogP contribution in [-0.2, 0) is 9.53 Å². The van der Waals surface area contributed by atoms with E-state index >= 15 is 0 Å². The summed E-state index contributed by atoms with van der Waals surface area (Å²) in [5, 5.41) is 15.2. The standard InChI is InChI=1S/C25H28F2N8O2/c26-18-10-14(12-28)11-19(27)21(18)33-25-32-20-13-30-24(31-16-2-1-8-37-9-7-16)34-23(20)35(25)17-5-3-15(4-6-17)22(29)36/h10-11,13,15-17H,1-9H2,(H2,29,36)(H,32,33)(H,30,31,34)/t15?,16-,17?/m0/s1. The zero-order valence-electron chi connectivity index (χ0n) is 20.2. The summed E-state index contributed by atoms with van der Waals surface area (Å²) in [5.41, 5.74) is 5.96. The van der Waals surface area contributed by atoms with Crippen LogP contribution < -0.4 is 16.4 Å². The molecule has 0 spiro atoms. The van der Waals surface area contributed by atoms with Gasteiger partial charge in [0.25, 0.3) is 0 Å². The number of hydrogen-bond acceptors (Lipinski definition) is 8. The van der Waals surface area contributed by atoms with Crippen LogP contribution in [0.2, 0.25) is 0 Å². The number of imidazole rings is 1. The molecule has 1 atom stereocenters. The van der Waals surface area contributed by atoms with E-state index in [0.29, 0.717) is 49.4 Å². The van der Waals surface area contributed by atoms with Crippen molar-refractivity contribution in [1.82, 2.24) is 19.5 Å². The van der Waals surface area contributed by atoms with E-state index in [0.717, 1.165) is 38.0 Å². The third kappa shape index (κ3) is 5.32. The van der Waals surface area contributed by atoms with Gasteiger partial charge in [-0.1, -0.05) is 0 Å². The molecule has 194 valence electrons. The smallest absolute Gasteiger partial charge is 0.224 e. The summed E-state index contributed by atoms with van der Waals surface area (Å²) >= 11 is 0. The lowest BCUT2D eigenvalue weighted by Gasteiger charge is -2.29. The van der Waals surface area contributed by atoms with Gasteiger partial charge in [-0.2, -0.15) is 10.2 Å². The zero-order valence-corrected chi connectivity index (χ0v) is 20.2. The Balaban J connectivity index is 1.52. The van der Waals surface area contributed by atoms with Gasteiger partial charge in [0.05, 0.1) is 17.8 Å². The van der Waals surface area contributed by atoms with E-state index in [1.807, 2.05) is 4.57 Å². The first-order valence-electron chi connectivity index (χ1n) is 12.5. The maximum atomic E-state index is 14.7. The minimum absolute atomic E-state index is 0.121. The molecule has 37 heavy (non-hydrogen) atoms. The molecule has 1 amide bonds. The van der Waals surface area contributed by atoms with Gasteiger partial charge in [0.2, 0.25) is 17.8 Å². The Hall–Kier alpha value is -3.85. The first-order chi connectivity index (χ1) is 17.9. The highest BCUT2D eigenvalue weighted by molar-refractivity contribution is 5.78. The molecule has 1 saturated carbocycles. The molecule has 1 aliphatic carbocycles. The number of carbonyl (C=O) groups is 1. The van der Waals surface area contributed by atoms with E-state index in [9.17, 15) is 13.6 Å². The Bertz CT molecular complexity index is 1320. The van der Waals surface area contributed by atoms with Gasteiger partial charge >= 0.3 is 0 Å². The van der Waals surface area contributed by atoms with E-state index in [1.165, 1.54) is 0 Å². The van der Waals surface area contributed by atoms with Crippen molar-refractivity contribution in [3.8, 4) is 6.07 Å². The predicted molar refractivity (Wildman–Crippen MR) is 132 cm³/mol. The Morgan fingerprint density at radius 3 is 2.57 bits per heavy atom. The van der Waals surface area contributed by atoms with Crippen LogP contribution in [0.1, 0.15) is 56.6 Å². The van der Waals surface area contributed by atoms with Crippen molar-refractivity contribution in [2.75, 3.05) is 23.8 Å². The lowest BCUT2D eigenvalue weighted by molar-refractivity contribution is -0.122. The molecule has 12 heteroatoms. The second kappa shape index (κ2) is 10.6. The third-order valence-electron chi connectivity index (χ3n) is 7.09. The number of amides is 1. The average Bonchev–Trinajstić information content (AvgIpc) is 3.04. The van der Waals surface area contributed by atoms with Gasteiger partial charge in [-0.3, -0.25) is 9.36 Å². The number of hydrogen-bond donors (Lipinski definition) is 3. The molecular formula is C25H28F2N8O2. The number of fused-ring (bicyclic) bond motifs is 1. The van der Waals surface area contributed by atoms with Crippen molar-refractivity contribution >= 4 is 34.7 Å². The number of aromatic nitrogens is 4. The molecule has 4 N–H and O–H groups in total. The summed E-state index contributed by atoms with van der Waals surface area (Å²) in [5.74, 6) is -1.70. The lowest BCUT2D eigenvalue weighted by atomic mass is 9.85. The Morgan fingerprint density at radius 2 is 1.86 bits per heavy atom. The fourth-order valence-corrected chi connectivity index (χ4v) is 5.11. The maximum absolute atomic E-state index is 14.7. The Kier molecular flexibility index (Phi) is 7.14. The van der Waals surface area contributed by atoms with E-state index < -0.39 is 17.3 Å². The molecule has 2 aromatic heterocycles. The van der Waals surface area contributed by atoms with Crippen molar-refractivity contribution in [2.24, 2.45) is 11.7 Å². The lowest BCUT2D eigenvalue weighted by Crippen LogP contribution is -2.29. The summed E-state index contributed by atoms with van der Waals surface area (Å²) in [6.45, 7) is 1.40. The quantitative estimate of drug-likeness (QED) is 0.453. The summed E-state index contributed by atoms with van der Waals surface area (Å²) in [6.07, 6.45) is 6.73. The van der Waals surface area contributed by atoms with Gasteiger partial charge in [-0.15, -0.1) is 0 Å². The number of anilines is 3. The first-order valence-corrected chi connectivity index (χ1v) is 12.5. The Labute approximate surface area is 212 Å². The van der Waals surface area contributed by atoms with Crippen LogP contribution in [0.4, 0.5) is 26.4 Å². The maximum Gasteiger partial charge on any atom is 0.224 e. The van der Waals surface area contributed by atoms with Crippen molar-refractivity contribution in [3.63, 3.8) is 0 Å². The second-order valence-electron chi connectivity index (χ2n) is 9.55. The molecule has 0 bridgehead atoms. The fourth-order valence-electron chi connectivity index (χ4n) is 5.11. The number of benzene rings is 1. The molecule has 1 aromatic carbocycles. The fraction of sp³-hybridized carbons (Fsp3) is 0.480. The van der Waals surface area contributed by atoms with Crippen LogP contribution in [0, 0.1) is 28.9 Å². The number of halogens is 2. The van der Waals surface area contributed by atoms with Gasteiger partial charge in [0.1, 0.15) is 11.2 Å². The van der Waals surface area contributed by atoms with E-state index in [-0.39, 0.29) is 35.4 Å². The molecule has 2 aliphatic rings. The zero-order chi connectivity index (χ0) is 25.9. The summed E-state index contributed by atoms with van der Waals surface area (Å²) in [6, 6.07) is 3.72. The summed E-state index contributed by atoms with van der Waals surface area (Å²) in [7, 11) is 0. The monoisotopic (exact) mass is 510 g/mol. The Morgan fingerprint density at radius 1 is 1.11 bits per heavy atom. The van der Waals surface area contributed by atoms with Crippen LogP contribution in [0.3, 0.4) is 0 Å². The normalized spacial score (nSPS) is 22.2. The minimum atomic E-state index is -0.906. The number of carbonyl (C=O) groups excluding carboxylic acids is 1. The van der Waals surface area contributed by atoms with Crippen LogP contribution in [0.5, 0.6) is 0 Å². The molecule has 10 nitrogen and oxygen atoms in total. The number of primary amides is 1. The number of nitrogens with one attached hydrogen (secondary N) is 2. The molecule has 1 saturated heterocycles. The number of nitrogens with two attached hydrogens (primary N) is 1. The van der Waals surface area contributed by atoms with Crippen LogP contribution in [-0.4, -0.2) is 44.7 Å². The summed E-state index contributed by atoms with van der Waals surface area (Å²) < 4.78 is 36.8.